The number of hydrogen-bond acceptors (Lipinski definition) is 6. The van der Waals surface area contributed by atoms with E-state index in [0.717, 1.165) is 31.0 Å². The fraction of sp³-hybridized carbons (Fsp3) is 0.280. The van der Waals surface area contributed by atoms with Crippen molar-refractivity contribution >= 4 is 44.3 Å². The van der Waals surface area contributed by atoms with Gasteiger partial charge in [-0.25, -0.2) is 4.79 Å². The van der Waals surface area contributed by atoms with Gasteiger partial charge in [-0.1, -0.05) is 46.3 Å². The van der Waals surface area contributed by atoms with Crippen LogP contribution in [0, 0.1) is 0 Å². The second kappa shape index (κ2) is 9.68. The third-order valence-electron chi connectivity index (χ3n) is 5.88. The van der Waals surface area contributed by atoms with Crippen LogP contribution in [0.5, 0.6) is 5.75 Å². The number of hydrogen-bond donors (Lipinski definition) is 2. The number of amides is 2. The van der Waals surface area contributed by atoms with Gasteiger partial charge in [0.25, 0.3) is 5.91 Å². The van der Waals surface area contributed by atoms with Crippen LogP contribution in [0.3, 0.4) is 0 Å². The molecule has 0 aliphatic carbocycles. The van der Waals surface area contributed by atoms with Gasteiger partial charge in [0, 0.05) is 21.5 Å². The number of ether oxygens (including phenoxy) is 2. The van der Waals surface area contributed by atoms with Gasteiger partial charge in [-0.05, 0) is 42.7 Å². The van der Waals surface area contributed by atoms with Gasteiger partial charge >= 0.3 is 6.09 Å². The summed E-state index contributed by atoms with van der Waals surface area (Å²) in [6.07, 6.45) is -0.129. The van der Waals surface area contributed by atoms with Crippen LogP contribution in [0.4, 0.5) is 9.80 Å². The molecule has 176 valence electrons. The highest BCUT2D eigenvalue weighted by molar-refractivity contribution is 9.10. The molecular formula is C25H24BrN3O4S. The van der Waals surface area contributed by atoms with Crippen LogP contribution in [-0.4, -0.2) is 30.1 Å². The zero-order valence-corrected chi connectivity index (χ0v) is 21.0. The van der Waals surface area contributed by atoms with Crippen molar-refractivity contribution in [3.63, 3.8) is 0 Å². The monoisotopic (exact) mass is 541 g/mol. The number of carbonyl (C=O) groups is 2. The molecule has 0 saturated carbocycles. The molecule has 2 aliphatic heterocycles. The van der Waals surface area contributed by atoms with Crippen LogP contribution in [-0.2, 0) is 24.3 Å². The zero-order valence-electron chi connectivity index (χ0n) is 18.6. The van der Waals surface area contributed by atoms with Crippen molar-refractivity contribution in [1.29, 1.82) is 0 Å². The fourth-order valence-corrected chi connectivity index (χ4v) is 5.92. The maximum absolute atomic E-state index is 13.2. The molecule has 1 atom stereocenters. The number of fused-ring (bicyclic) bond motifs is 3. The second-order valence-electron chi connectivity index (χ2n) is 8.09. The van der Waals surface area contributed by atoms with Gasteiger partial charge in [-0.2, -0.15) is 0 Å². The molecule has 0 saturated heterocycles. The number of nitrogens with zero attached hydrogens (tertiary/aromatic N) is 1. The molecule has 0 radical (unpaired) electrons. The predicted molar refractivity (Wildman–Crippen MR) is 134 cm³/mol. The van der Waals surface area contributed by atoms with Crippen molar-refractivity contribution < 1.29 is 19.1 Å². The number of thiophene rings is 1. The Morgan fingerprint density at radius 2 is 2.03 bits per heavy atom. The molecular weight excluding hydrogens is 518 g/mol. The van der Waals surface area contributed by atoms with Crippen molar-refractivity contribution in [3.8, 4) is 5.75 Å². The van der Waals surface area contributed by atoms with Gasteiger partial charge in [0.2, 0.25) is 0 Å². The summed E-state index contributed by atoms with van der Waals surface area (Å²) in [5.74, 6) is 0.581. The summed E-state index contributed by atoms with van der Waals surface area (Å²) in [5.41, 5.74) is 3.60. The van der Waals surface area contributed by atoms with Crippen LogP contribution in [0.15, 0.2) is 53.0 Å². The van der Waals surface area contributed by atoms with Gasteiger partial charge in [0.15, 0.2) is 0 Å². The minimum Gasteiger partial charge on any atom is -0.488 e. The Morgan fingerprint density at radius 3 is 2.82 bits per heavy atom. The third-order valence-corrected chi connectivity index (χ3v) is 7.52. The second-order valence-corrected chi connectivity index (χ2v) is 10.1. The van der Waals surface area contributed by atoms with E-state index in [1.807, 2.05) is 48.5 Å². The SMILES string of the molecule is CCOC(=O)N1CCc2c(sc3c2C(=O)N[C@H](c2cc(Br)ccc2OCc2ccccc2)N3)C1. The molecule has 3 heterocycles. The van der Waals surface area contributed by atoms with Crippen molar-refractivity contribution in [2.45, 2.75) is 32.7 Å². The first-order valence-electron chi connectivity index (χ1n) is 11.1. The van der Waals surface area contributed by atoms with Gasteiger partial charge in [-0.15, -0.1) is 11.3 Å². The smallest absolute Gasteiger partial charge is 0.410 e. The first-order chi connectivity index (χ1) is 16.5. The first-order valence-corrected chi connectivity index (χ1v) is 12.7. The molecule has 7 nitrogen and oxygen atoms in total. The lowest BCUT2D eigenvalue weighted by molar-refractivity contribution is 0.0933. The van der Waals surface area contributed by atoms with E-state index in [2.05, 4.69) is 26.6 Å². The van der Waals surface area contributed by atoms with Crippen LogP contribution < -0.4 is 15.4 Å². The van der Waals surface area contributed by atoms with Crippen LogP contribution in [0.1, 0.15) is 45.0 Å². The van der Waals surface area contributed by atoms with E-state index in [1.54, 1.807) is 11.8 Å². The lowest BCUT2D eigenvalue weighted by atomic mass is 10.0. The van der Waals surface area contributed by atoms with Crippen molar-refractivity contribution in [2.24, 2.45) is 0 Å². The molecule has 1 aromatic heterocycles. The Bertz CT molecular complexity index is 1230. The van der Waals surface area contributed by atoms with Gasteiger partial charge in [0.05, 0.1) is 18.7 Å². The van der Waals surface area contributed by atoms with Gasteiger partial charge in [0.1, 0.15) is 23.5 Å². The summed E-state index contributed by atoms with van der Waals surface area (Å²) in [7, 11) is 0. The van der Waals surface area contributed by atoms with E-state index in [4.69, 9.17) is 9.47 Å². The van der Waals surface area contributed by atoms with Crippen LogP contribution >= 0.6 is 27.3 Å². The van der Waals surface area contributed by atoms with E-state index >= 15 is 0 Å². The van der Waals surface area contributed by atoms with E-state index < -0.39 is 6.17 Å². The van der Waals surface area contributed by atoms with E-state index in [-0.39, 0.29) is 12.0 Å². The summed E-state index contributed by atoms with van der Waals surface area (Å²) in [6, 6.07) is 15.7. The molecule has 0 fully saturated rings. The highest BCUT2D eigenvalue weighted by Gasteiger charge is 2.35. The van der Waals surface area contributed by atoms with Crippen LogP contribution in [0.25, 0.3) is 0 Å². The first kappa shape index (κ1) is 22.7. The quantitative estimate of drug-likeness (QED) is 0.448. The Hall–Kier alpha value is -3.04. The fourth-order valence-electron chi connectivity index (χ4n) is 4.25. The molecule has 9 heteroatoms. The Balaban J connectivity index is 1.39. The van der Waals surface area contributed by atoms with E-state index in [9.17, 15) is 9.59 Å². The lowest BCUT2D eigenvalue weighted by Crippen LogP contribution is -2.39. The third kappa shape index (κ3) is 4.50. The largest absolute Gasteiger partial charge is 0.488 e. The van der Waals surface area contributed by atoms with Crippen molar-refractivity contribution in [1.82, 2.24) is 10.2 Å². The molecule has 0 unspecified atom stereocenters. The van der Waals surface area contributed by atoms with Crippen LogP contribution in [0.2, 0.25) is 0 Å². The Morgan fingerprint density at radius 1 is 1.21 bits per heavy atom. The number of nitrogens with one attached hydrogen (secondary N) is 2. The number of anilines is 1. The average molecular weight is 542 g/mol. The Labute approximate surface area is 210 Å². The summed E-state index contributed by atoms with van der Waals surface area (Å²) in [6.45, 7) is 3.56. The summed E-state index contributed by atoms with van der Waals surface area (Å²) >= 11 is 5.07. The highest BCUT2D eigenvalue weighted by atomic mass is 79.9. The highest BCUT2D eigenvalue weighted by Crippen LogP contribution is 2.42. The minimum absolute atomic E-state index is 0.116. The standard InChI is InChI=1S/C25H24BrN3O4S/c1-2-32-25(31)29-11-10-17-20(13-29)34-24-21(17)23(30)27-22(28-24)18-12-16(26)8-9-19(18)33-14-15-6-4-3-5-7-15/h3-9,12,22,28H,2,10-11,13-14H2,1H3,(H,27,30)/t22-/m0/s1. The van der Waals surface area contributed by atoms with Crippen molar-refractivity contribution in [2.75, 3.05) is 18.5 Å². The van der Waals surface area contributed by atoms with Gasteiger partial charge < -0.3 is 25.0 Å². The predicted octanol–water partition coefficient (Wildman–Crippen LogP) is 5.46. The molecule has 3 aromatic rings. The van der Waals surface area contributed by atoms with E-state index in [0.29, 0.717) is 44.0 Å². The van der Waals surface area contributed by atoms with Gasteiger partial charge in [-0.3, -0.25) is 4.79 Å². The Kier molecular flexibility index (Phi) is 6.47. The molecule has 2 aromatic carbocycles. The van der Waals surface area contributed by atoms with Crippen molar-refractivity contribution in [3.05, 3.63) is 80.1 Å². The lowest BCUT2D eigenvalue weighted by Gasteiger charge is -2.29. The molecule has 5 rings (SSSR count). The number of benzene rings is 2. The normalized spacial score (nSPS) is 16.7. The summed E-state index contributed by atoms with van der Waals surface area (Å²) in [5, 5.41) is 7.40. The molecule has 0 bridgehead atoms. The number of halogens is 1. The molecule has 2 N–H and O–H groups in total. The van der Waals surface area contributed by atoms with E-state index in [1.165, 1.54) is 11.3 Å². The summed E-state index contributed by atoms with van der Waals surface area (Å²) in [4.78, 5) is 28.1. The molecule has 2 aliphatic rings. The maximum atomic E-state index is 13.2. The molecule has 0 spiro atoms. The summed E-state index contributed by atoms with van der Waals surface area (Å²) < 4.78 is 12.2. The number of carbonyl (C=O) groups excluding carboxylic acids is 2. The number of rotatable bonds is 5. The minimum atomic E-state index is -0.440. The average Bonchev–Trinajstić information content (AvgIpc) is 3.22. The zero-order chi connectivity index (χ0) is 23.7. The molecule has 2 amide bonds. The topological polar surface area (TPSA) is 79.9 Å². The maximum Gasteiger partial charge on any atom is 0.410 e. The molecule has 34 heavy (non-hydrogen) atoms.